The number of aromatic nitrogens is 2. The van der Waals surface area contributed by atoms with E-state index >= 15 is 0 Å². The summed E-state index contributed by atoms with van der Waals surface area (Å²) in [5.41, 5.74) is 0. The van der Waals surface area contributed by atoms with Gasteiger partial charge in [-0.2, -0.15) is 8.61 Å². The molecule has 1 aliphatic heterocycles. The van der Waals surface area contributed by atoms with Gasteiger partial charge in [-0.3, -0.25) is 0 Å². The smallest absolute Gasteiger partial charge is 0.262 e. The van der Waals surface area contributed by atoms with E-state index in [0.29, 0.717) is 18.0 Å². The molecule has 3 rings (SSSR count). The molecule has 166 valence electrons. The van der Waals surface area contributed by atoms with Crippen molar-refractivity contribution in [3.05, 3.63) is 30.2 Å². The largest absolute Gasteiger partial charge is 0.497 e. The van der Waals surface area contributed by atoms with E-state index in [2.05, 4.69) is 4.98 Å². The Morgan fingerprint density at radius 2 is 1.57 bits per heavy atom. The Kier molecular flexibility index (Phi) is 6.41. The quantitative estimate of drug-likeness (QED) is 0.630. The van der Waals surface area contributed by atoms with E-state index in [0.717, 1.165) is 0 Å². The van der Waals surface area contributed by atoms with Crippen LogP contribution in [0.5, 0.6) is 11.5 Å². The van der Waals surface area contributed by atoms with E-state index in [9.17, 15) is 16.8 Å². The maximum absolute atomic E-state index is 13.2. The van der Waals surface area contributed by atoms with Crippen LogP contribution in [-0.4, -0.2) is 75.4 Å². The maximum Gasteiger partial charge on any atom is 0.262 e. The molecule has 0 spiro atoms. The summed E-state index contributed by atoms with van der Waals surface area (Å²) in [5, 5.41) is -0.0318. The summed E-state index contributed by atoms with van der Waals surface area (Å²) in [4.78, 5) is 4.13. The maximum atomic E-state index is 13.2. The molecular weight excluding hydrogens is 432 g/mol. The minimum Gasteiger partial charge on any atom is -0.497 e. The van der Waals surface area contributed by atoms with E-state index in [-0.39, 0.29) is 41.8 Å². The first-order valence-electron chi connectivity index (χ1n) is 9.33. The first-order chi connectivity index (χ1) is 14.1. The van der Waals surface area contributed by atoms with Gasteiger partial charge in [0.15, 0.2) is 5.03 Å². The molecule has 0 atom stereocenters. The van der Waals surface area contributed by atoms with Gasteiger partial charge in [0, 0.05) is 45.5 Å². The average Bonchev–Trinajstić information content (AvgIpc) is 2.92. The molecule has 1 aliphatic rings. The molecule has 1 aromatic heterocycles. The highest BCUT2D eigenvalue weighted by molar-refractivity contribution is 7.89. The van der Waals surface area contributed by atoms with E-state index in [4.69, 9.17) is 9.47 Å². The third kappa shape index (κ3) is 4.17. The van der Waals surface area contributed by atoms with Crippen LogP contribution in [0.25, 0.3) is 0 Å². The van der Waals surface area contributed by atoms with Gasteiger partial charge in [-0.25, -0.2) is 21.8 Å². The van der Waals surface area contributed by atoms with Crippen LogP contribution in [0.2, 0.25) is 0 Å². The van der Waals surface area contributed by atoms with Crippen molar-refractivity contribution in [1.29, 1.82) is 0 Å². The minimum absolute atomic E-state index is 0.0162. The van der Waals surface area contributed by atoms with Crippen LogP contribution < -0.4 is 9.47 Å². The molecule has 0 unspecified atom stereocenters. The standard InChI is InChI=1S/C18H26N4O6S2/c1-14-19-18(13-20(14)2)30(25,26)22-9-5-8-21(10-11-22)29(23,24)17-7-6-15(27-3)12-16(17)28-4/h6-7,12-13H,5,8-11H2,1-4H3. The zero-order valence-electron chi connectivity index (χ0n) is 17.4. The molecule has 2 heterocycles. The first-order valence-corrected chi connectivity index (χ1v) is 12.2. The zero-order chi connectivity index (χ0) is 22.1. The second-order valence-electron chi connectivity index (χ2n) is 6.92. The monoisotopic (exact) mass is 458 g/mol. The van der Waals surface area contributed by atoms with E-state index < -0.39 is 20.0 Å². The Morgan fingerprint density at radius 3 is 2.10 bits per heavy atom. The fourth-order valence-corrected chi connectivity index (χ4v) is 6.36. The highest BCUT2D eigenvalue weighted by Crippen LogP contribution is 2.31. The Morgan fingerprint density at radius 1 is 0.933 bits per heavy atom. The molecule has 1 fully saturated rings. The second-order valence-corrected chi connectivity index (χ2v) is 10.7. The summed E-state index contributed by atoms with van der Waals surface area (Å²) in [5.74, 6) is 1.23. The fourth-order valence-electron chi connectivity index (χ4n) is 3.26. The number of hydrogen-bond acceptors (Lipinski definition) is 7. The summed E-state index contributed by atoms with van der Waals surface area (Å²) in [6.45, 7) is 2.20. The number of nitrogens with zero attached hydrogens (tertiary/aromatic N) is 4. The number of hydrogen-bond donors (Lipinski definition) is 0. The molecule has 30 heavy (non-hydrogen) atoms. The summed E-state index contributed by atoms with van der Waals surface area (Å²) in [6, 6.07) is 4.49. The molecule has 0 bridgehead atoms. The molecule has 10 nitrogen and oxygen atoms in total. The Balaban J connectivity index is 1.84. The van der Waals surface area contributed by atoms with Crippen LogP contribution in [0.15, 0.2) is 34.3 Å². The van der Waals surface area contributed by atoms with Gasteiger partial charge in [0.2, 0.25) is 10.0 Å². The third-order valence-electron chi connectivity index (χ3n) is 5.09. The molecule has 2 aromatic rings. The Bertz CT molecular complexity index is 1110. The predicted molar refractivity (Wildman–Crippen MR) is 110 cm³/mol. The van der Waals surface area contributed by atoms with Crippen LogP contribution in [0.4, 0.5) is 0 Å². The number of methoxy groups -OCH3 is 2. The van der Waals surface area contributed by atoms with Gasteiger partial charge in [0.1, 0.15) is 22.2 Å². The highest BCUT2D eigenvalue weighted by Gasteiger charge is 2.34. The van der Waals surface area contributed by atoms with Crippen LogP contribution in [0.3, 0.4) is 0 Å². The van der Waals surface area contributed by atoms with Crippen molar-refractivity contribution in [1.82, 2.24) is 18.2 Å². The van der Waals surface area contributed by atoms with Gasteiger partial charge < -0.3 is 14.0 Å². The van der Waals surface area contributed by atoms with Crippen molar-refractivity contribution >= 4 is 20.0 Å². The molecule has 1 saturated heterocycles. The van der Waals surface area contributed by atoms with Gasteiger partial charge in [-0.05, 0) is 25.5 Å². The SMILES string of the molecule is COc1ccc(S(=O)(=O)N2CCCN(S(=O)(=O)c3cn(C)c(C)n3)CC2)c(OC)c1. The lowest BCUT2D eigenvalue weighted by molar-refractivity contribution is 0.379. The fraction of sp³-hybridized carbons (Fsp3) is 0.500. The Labute approximate surface area is 177 Å². The van der Waals surface area contributed by atoms with Crippen molar-refractivity contribution in [3.63, 3.8) is 0 Å². The second kappa shape index (κ2) is 8.53. The van der Waals surface area contributed by atoms with Crippen LogP contribution in [-0.2, 0) is 27.1 Å². The Hall–Kier alpha value is -2.15. The number of aryl methyl sites for hydroxylation is 2. The van der Waals surface area contributed by atoms with Gasteiger partial charge in [0.05, 0.1) is 14.2 Å². The van der Waals surface area contributed by atoms with Gasteiger partial charge in [-0.1, -0.05) is 0 Å². The summed E-state index contributed by atoms with van der Waals surface area (Å²) in [6.07, 6.45) is 1.83. The molecular formula is C18H26N4O6S2. The van der Waals surface area contributed by atoms with Crippen molar-refractivity contribution in [2.75, 3.05) is 40.4 Å². The average molecular weight is 459 g/mol. The normalized spacial score (nSPS) is 16.9. The lowest BCUT2D eigenvalue weighted by Crippen LogP contribution is -2.37. The van der Waals surface area contributed by atoms with Gasteiger partial charge in [-0.15, -0.1) is 0 Å². The molecule has 12 heteroatoms. The lowest BCUT2D eigenvalue weighted by Gasteiger charge is -2.22. The van der Waals surface area contributed by atoms with Crippen molar-refractivity contribution in [2.45, 2.75) is 23.3 Å². The molecule has 1 aromatic carbocycles. The minimum atomic E-state index is -3.88. The van der Waals surface area contributed by atoms with Crippen molar-refractivity contribution < 1.29 is 26.3 Å². The van der Waals surface area contributed by atoms with Crippen LogP contribution >= 0.6 is 0 Å². The van der Waals surface area contributed by atoms with Crippen LogP contribution in [0.1, 0.15) is 12.2 Å². The number of sulfonamides is 2. The van der Waals surface area contributed by atoms with Crippen LogP contribution in [0, 0.1) is 6.92 Å². The van der Waals surface area contributed by atoms with Crippen molar-refractivity contribution in [3.8, 4) is 11.5 Å². The molecule has 0 aliphatic carbocycles. The molecule has 0 saturated carbocycles. The first kappa shape index (κ1) is 22.5. The third-order valence-corrected chi connectivity index (χ3v) is 8.80. The number of rotatable bonds is 6. The van der Waals surface area contributed by atoms with Crippen molar-refractivity contribution in [2.24, 2.45) is 7.05 Å². The molecule has 0 radical (unpaired) electrons. The van der Waals surface area contributed by atoms with Gasteiger partial charge in [0.25, 0.3) is 10.0 Å². The lowest BCUT2D eigenvalue weighted by atomic mass is 10.3. The highest BCUT2D eigenvalue weighted by atomic mass is 32.2. The van der Waals surface area contributed by atoms with Gasteiger partial charge >= 0.3 is 0 Å². The topological polar surface area (TPSA) is 111 Å². The van der Waals surface area contributed by atoms with E-state index in [1.807, 2.05) is 0 Å². The summed E-state index contributed by atoms with van der Waals surface area (Å²) < 4.78 is 66.9. The molecule has 0 N–H and O–H groups in total. The predicted octanol–water partition coefficient (Wildman–Crippen LogP) is 0.831. The number of benzene rings is 1. The number of imidazole rings is 1. The summed E-state index contributed by atoms with van der Waals surface area (Å²) >= 11 is 0. The number of ether oxygens (including phenoxy) is 2. The van der Waals surface area contributed by atoms with E-state index in [1.54, 1.807) is 24.6 Å². The summed E-state index contributed by atoms with van der Waals surface area (Å²) in [7, 11) is -3.09. The zero-order valence-corrected chi connectivity index (χ0v) is 19.0. The molecule has 0 amide bonds. The van der Waals surface area contributed by atoms with E-state index in [1.165, 1.54) is 41.2 Å².